The molecule has 0 aliphatic carbocycles. The smallest absolute Gasteiger partial charge is 0.257 e. The van der Waals surface area contributed by atoms with Gasteiger partial charge in [0.15, 0.2) is 5.82 Å². The molecule has 0 atom stereocenters. The second-order valence-corrected chi connectivity index (χ2v) is 6.53. The van der Waals surface area contributed by atoms with Gasteiger partial charge in [-0.25, -0.2) is 0 Å². The Morgan fingerprint density at radius 1 is 1.15 bits per heavy atom. The van der Waals surface area contributed by atoms with Gasteiger partial charge in [-0.05, 0) is 49.6 Å². The highest BCUT2D eigenvalue weighted by Gasteiger charge is 2.18. The summed E-state index contributed by atoms with van der Waals surface area (Å²) in [7, 11) is 1.86. The van der Waals surface area contributed by atoms with Crippen LogP contribution in [-0.2, 0) is 7.05 Å². The number of benzene rings is 1. The monoisotopic (exact) mass is 361 g/mol. The van der Waals surface area contributed by atoms with Crippen molar-refractivity contribution in [1.29, 1.82) is 0 Å². The second kappa shape index (κ2) is 6.28. The summed E-state index contributed by atoms with van der Waals surface area (Å²) >= 11 is 0. The summed E-state index contributed by atoms with van der Waals surface area (Å²) in [5.41, 5.74) is 2.83. The average Bonchev–Trinajstić information content (AvgIpc) is 3.17. The number of aromatic nitrogens is 4. The zero-order chi connectivity index (χ0) is 19.1. The Kier molecular flexibility index (Phi) is 3.92. The van der Waals surface area contributed by atoms with E-state index >= 15 is 0 Å². The maximum absolute atomic E-state index is 12.8. The lowest BCUT2D eigenvalue weighted by Gasteiger charge is -2.08. The van der Waals surface area contributed by atoms with Crippen molar-refractivity contribution < 1.29 is 4.79 Å². The van der Waals surface area contributed by atoms with E-state index in [9.17, 15) is 9.59 Å². The first kappa shape index (κ1) is 16.8. The fourth-order valence-electron chi connectivity index (χ4n) is 3.34. The molecule has 0 aliphatic rings. The Morgan fingerprint density at radius 2 is 1.96 bits per heavy atom. The van der Waals surface area contributed by atoms with Gasteiger partial charge in [0, 0.05) is 48.0 Å². The molecule has 136 valence electrons. The third kappa shape index (κ3) is 2.93. The SMILES string of the molecule is Cc1cc(C(=O)Nc2ccc3c(=O)[nH]ccc3c2)c(C)n1-c1ccn(C)n1. The lowest BCUT2D eigenvalue weighted by molar-refractivity contribution is 0.102. The number of amides is 1. The second-order valence-electron chi connectivity index (χ2n) is 6.53. The number of pyridine rings is 1. The van der Waals surface area contributed by atoms with Crippen LogP contribution in [0, 0.1) is 13.8 Å². The van der Waals surface area contributed by atoms with Gasteiger partial charge in [-0.3, -0.25) is 14.3 Å². The molecule has 0 saturated carbocycles. The fraction of sp³-hybridized carbons (Fsp3) is 0.150. The Labute approximate surface area is 155 Å². The number of H-pyrrole nitrogens is 1. The summed E-state index contributed by atoms with van der Waals surface area (Å²) in [6.45, 7) is 3.84. The highest BCUT2D eigenvalue weighted by molar-refractivity contribution is 6.06. The van der Waals surface area contributed by atoms with Gasteiger partial charge < -0.3 is 14.9 Å². The third-order valence-electron chi connectivity index (χ3n) is 4.64. The van der Waals surface area contributed by atoms with Gasteiger partial charge in [-0.1, -0.05) is 0 Å². The molecule has 3 aromatic heterocycles. The van der Waals surface area contributed by atoms with Crippen molar-refractivity contribution in [2.24, 2.45) is 7.05 Å². The summed E-state index contributed by atoms with van der Waals surface area (Å²) in [6.07, 6.45) is 3.46. The zero-order valence-electron chi connectivity index (χ0n) is 15.3. The van der Waals surface area contributed by atoms with Crippen molar-refractivity contribution in [3.63, 3.8) is 0 Å². The Bertz CT molecular complexity index is 1230. The largest absolute Gasteiger partial charge is 0.329 e. The lowest BCUT2D eigenvalue weighted by Crippen LogP contribution is -2.13. The van der Waals surface area contributed by atoms with Crippen molar-refractivity contribution in [3.05, 3.63) is 76.1 Å². The summed E-state index contributed by atoms with van der Waals surface area (Å²) < 4.78 is 3.68. The van der Waals surface area contributed by atoms with Gasteiger partial charge >= 0.3 is 0 Å². The van der Waals surface area contributed by atoms with E-state index in [4.69, 9.17) is 0 Å². The molecule has 7 heteroatoms. The molecule has 0 unspecified atom stereocenters. The Balaban J connectivity index is 1.67. The predicted molar refractivity (Wildman–Crippen MR) is 105 cm³/mol. The topological polar surface area (TPSA) is 84.7 Å². The quantitative estimate of drug-likeness (QED) is 0.588. The van der Waals surface area contributed by atoms with E-state index < -0.39 is 0 Å². The summed E-state index contributed by atoms with van der Waals surface area (Å²) in [4.78, 5) is 27.3. The number of rotatable bonds is 3. The van der Waals surface area contributed by atoms with Gasteiger partial charge in [0.1, 0.15) is 0 Å². The van der Waals surface area contributed by atoms with Gasteiger partial charge in [0.25, 0.3) is 11.5 Å². The van der Waals surface area contributed by atoms with Crippen LogP contribution in [0.15, 0.2) is 53.6 Å². The molecule has 4 rings (SSSR count). The molecule has 27 heavy (non-hydrogen) atoms. The number of fused-ring (bicyclic) bond motifs is 1. The molecular weight excluding hydrogens is 342 g/mol. The minimum atomic E-state index is -0.200. The van der Waals surface area contributed by atoms with Gasteiger partial charge in [0.05, 0.1) is 5.56 Å². The van der Waals surface area contributed by atoms with Gasteiger partial charge in [-0.2, -0.15) is 5.10 Å². The number of carbonyl (C=O) groups excluding carboxylic acids is 1. The van der Waals surface area contributed by atoms with Crippen LogP contribution in [0.2, 0.25) is 0 Å². The number of nitrogens with zero attached hydrogens (tertiary/aromatic N) is 3. The number of hydrogen-bond donors (Lipinski definition) is 2. The highest BCUT2D eigenvalue weighted by atomic mass is 16.1. The molecule has 3 heterocycles. The summed E-state index contributed by atoms with van der Waals surface area (Å²) in [6, 6.07) is 10.8. The first-order valence-corrected chi connectivity index (χ1v) is 8.56. The molecule has 7 nitrogen and oxygen atoms in total. The maximum atomic E-state index is 12.8. The maximum Gasteiger partial charge on any atom is 0.257 e. The van der Waals surface area contributed by atoms with Crippen molar-refractivity contribution in [2.45, 2.75) is 13.8 Å². The molecule has 0 radical (unpaired) electrons. The van der Waals surface area contributed by atoms with E-state index in [-0.39, 0.29) is 11.5 Å². The van der Waals surface area contributed by atoms with Crippen molar-refractivity contribution in [2.75, 3.05) is 5.32 Å². The van der Waals surface area contributed by atoms with Gasteiger partial charge in [0.2, 0.25) is 0 Å². The van der Waals surface area contributed by atoms with Crippen LogP contribution in [0.5, 0.6) is 0 Å². The molecule has 0 spiro atoms. The predicted octanol–water partition coefficient (Wildman–Crippen LogP) is 2.92. The minimum Gasteiger partial charge on any atom is -0.329 e. The molecule has 0 bridgehead atoms. The number of nitrogens with one attached hydrogen (secondary N) is 2. The van der Waals surface area contributed by atoms with Crippen molar-refractivity contribution >= 4 is 22.4 Å². The van der Waals surface area contributed by atoms with E-state index in [1.807, 2.05) is 43.8 Å². The average molecular weight is 361 g/mol. The van der Waals surface area contributed by atoms with Crippen LogP contribution >= 0.6 is 0 Å². The molecule has 0 aliphatic heterocycles. The van der Waals surface area contributed by atoms with Crippen LogP contribution in [0.1, 0.15) is 21.7 Å². The normalized spacial score (nSPS) is 11.1. The van der Waals surface area contributed by atoms with Crippen LogP contribution < -0.4 is 10.9 Å². The van der Waals surface area contributed by atoms with E-state index in [1.165, 1.54) is 0 Å². The minimum absolute atomic E-state index is 0.149. The Morgan fingerprint density at radius 3 is 2.70 bits per heavy atom. The number of anilines is 1. The van der Waals surface area contributed by atoms with Gasteiger partial charge in [-0.15, -0.1) is 0 Å². The zero-order valence-corrected chi connectivity index (χ0v) is 15.3. The standard InChI is InChI=1S/C20H19N5O2/c1-12-10-17(13(2)25(12)18-7-9-24(3)23-18)20(27)22-15-4-5-16-14(11-15)6-8-21-19(16)26/h4-11H,1-3H3,(H,21,26)(H,22,27). The Hall–Kier alpha value is -3.61. The van der Waals surface area contributed by atoms with Crippen LogP contribution in [-0.4, -0.2) is 25.2 Å². The molecule has 4 aromatic rings. The summed E-state index contributed by atoms with van der Waals surface area (Å²) in [5.74, 6) is 0.575. The molecule has 0 fully saturated rings. The van der Waals surface area contributed by atoms with E-state index in [0.717, 1.165) is 22.6 Å². The molecule has 2 N–H and O–H groups in total. The van der Waals surface area contributed by atoms with Crippen LogP contribution in [0.4, 0.5) is 5.69 Å². The highest BCUT2D eigenvalue weighted by Crippen LogP contribution is 2.22. The first-order valence-electron chi connectivity index (χ1n) is 8.56. The number of aryl methyl sites for hydroxylation is 2. The van der Waals surface area contributed by atoms with E-state index in [2.05, 4.69) is 15.4 Å². The first-order chi connectivity index (χ1) is 12.9. The van der Waals surface area contributed by atoms with Crippen LogP contribution in [0.3, 0.4) is 0 Å². The number of hydrogen-bond acceptors (Lipinski definition) is 3. The summed E-state index contributed by atoms with van der Waals surface area (Å²) in [5, 5.41) is 8.70. The fourth-order valence-corrected chi connectivity index (χ4v) is 3.34. The third-order valence-corrected chi connectivity index (χ3v) is 4.64. The lowest BCUT2D eigenvalue weighted by atomic mass is 10.1. The van der Waals surface area contributed by atoms with E-state index in [1.54, 1.807) is 35.1 Å². The number of carbonyl (C=O) groups is 1. The molecule has 0 saturated heterocycles. The van der Waals surface area contributed by atoms with Crippen molar-refractivity contribution in [3.8, 4) is 5.82 Å². The van der Waals surface area contributed by atoms with Crippen LogP contribution in [0.25, 0.3) is 16.6 Å². The molecule has 1 aromatic carbocycles. The molecular formula is C20H19N5O2. The molecule has 1 amide bonds. The van der Waals surface area contributed by atoms with Crippen molar-refractivity contribution in [1.82, 2.24) is 19.3 Å². The van der Waals surface area contributed by atoms with E-state index in [0.29, 0.717) is 16.6 Å². The number of aromatic amines is 1.